The van der Waals surface area contributed by atoms with Crippen LogP contribution in [0, 0.1) is 5.82 Å². The van der Waals surface area contributed by atoms with Gasteiger partial charge in [-0.1, -0.05) is 18.2 Å². The van der Waals surface area contributed by atoms with Gasteiger partial charge in [-0.05, 0) is 25.1 Å². The van der Waals surface area contributed by atoms with Crippen LogP contribution in [0.15, 0.2) is 42.6 Å². The van der Waals surface area contributed by atoms with Crippen LogP contribution in [0.2, 0.25) is 0 Å². The summed E-state index contributed by atoms with van der Waals surface area (Å²) < 4.78 is 13.6. The molecule has 1 heterocycles. The van der Waals surface area contributed by atoms with E-state index in [9.17, 15) is 9.18 Å². The minimum atomic E-state index is -0.418. The highest BCUT2D eigenvalue weighted by Gasteiger charge is 2.14. The van der Waals surface area contributed by atoms with Crippen molar-refractivity contribution >= 4 is 5.91 Å². The van der Waals surface area contributed by atoms with E-state index in [1.54, 1.807) is 37.3 Å². The maximum Gasteiger partial charge on any atom is 0.251 e. The van der Waals surface area contributed by atoms with Crippen LogP contribution in [0.25, 0.3) is 0 Å². The van der Waals surface area contributed by atoms with Gasteiger partial charge in [-0.3, -0.25) is 9.78 Å². The highest BCUT2D eigenvalue weighted by atomic mass is 19.1. The molecule has 0 aliphatic heterocycles. The molecule has 0 spiro atoms. The summed E-state index contributed by atoms with van der Waals surface area (Å²) in [6, 6.07) is 9.18. The molecular weight excluding hydrogens is 257 g/mol. The SMILES string of the molecule is C[C@@H](NC(=O)c1ccnc(CN)c1)c1ccccc1F. The zero-order valence-corrected chi connectivity index (χ0v) is 11.1. The fourth-order valence-corrected chi connectivity index (χ4v) is 1.92. The van der Waals surface area contributed by atoms with Crippen molar-refractivity contribution in [2.75, 3.05) is 0 Å². The molecule has 5 heteroatoms. The summed E-state index contributed by atoms with van der Waals surface area (Å²) in [5, 5.41) is 2.76. The number of nitrogens with one attached hydrogen (secondary N) is 1. The fourth-order valence-electron chi connectivity index (χ4n) is 1.92. The topological polar surface area (TPSA) is 68.0 Å². The molecule has 0 radical (unpaired) electrons. The summed E-state index contributed by atoms with van der Waals surface area (Å²) in [5.41, 5.74) is 7.04. The molecule has 1 aromatic carbocycles. The summed E-state index contributed by atoms with van der Waals surface area (Å²) in [6.45, 7) is 2.01. The first-order valence-corrected chi connectivity index (χ1v) is 6.32. The molecule has 0 saturated carbocycles. The third kappa shape index (κ3) is 3.19. The Bertz CT molecular complexity index is 616. The molecule has 0 bridgehead atoms. The largest absolute Gasteiger partial charge is 0.345 e. The smallest absolute Gasteiger partial charge is 0.251 e. The predicted octanol–water partition coefficient (Wildman–Crippen LogP) is 2.17. The van der Waals surface area contributed by atoms with Gasteiger partial charge in [-0.25, -0.2) is 4.39 Å². The van der Waals surface area contributed by atoms with Crippen molar-refractivity contribution in [2.24, 2.45) is 5.73 Å². The van der Waals surface area contributed by atoms with Crippen molar-refractivity contribution in [3.05, 3.63) is 65.2 Å². The number of carbonyl (C=O) groups excluding carboxylic acids is 1. The van der Waals surface area contributed by atoms with Gasteiger partial charge >= 0.3 is 0 Å². The van der Waals surface area contributed by atoms with Crippen molar-refractivity contribution in [1.29, 1.82) is 0 Å². The number of pyridine rings is 1. The average Bonchev–Trinajstić information content (AvgIpc) is 2.47. The van der Waals surface area contributed by atoms with Crippen molar-refractivity contribution in [2.45, 2.75) is 19.5 Å². The fraction of sp³-hybridized carbons (Fsp3) is 0.200. The van der Waals surface area contributed by atoms with Crippen LogP contribution < -0.4 is 11.1 Å². The van der Waals surface area contributed by atoms with Gasteiger partial charge in [-0.2, -0.15) is 0 Å². The van der Waals surface area contributed by atoms with E-state index < -0.39 is 6.04 Å². The van der Waals surface area contributed by atoms with E-state index in [1.807, 2.05) is 0 Å². The van der Waals surface area contributed by atoms with E-state index in [4.69, 9.17) is 5.73 Å². The standard InChI is InChI=1S/C15H16FN3O/c1-10(13-4-2-3-5-14(13)16)19-15(20)11-6-7-18-12(8-11)9-17/h2-8,10H,9,17H2,1H3,(H,19,20)/t10-/m1/s1. The molecule has 20 heavy (non-hydrogen) atoms. The number of rotatable bonds is 4. The lowest BCUT2D eigenvalue weighted by Gasteiger charge is -2.15. The van der Waals surface area contributed by atoms with Crippen molar-refractivity contribution < 1.29 is 9.18 Å². The quantitative estimate of drug-likeness (QED) is 0.897. The molecule has 3 N–H and O–H groups in total. The molecule has 104 valence electrons. The summed E-state index contributed by atoms with van der Waals surface area (Å²) in [6.07, 6.45) is 1.53. The Morgan fingerprint density at radius 1 is 1.40 bits per heavy atom. The van der Waals surface area contributed by atoms with E-state index in [1.165, 1.54) is 12.3 Å². The predicted molar refractivity (Wildman–Crippen MR) is 74.4 cm³/mol. The van der Waals surface area contributed by atoms with Gasteiger partial charge < -0.3 is 11.1 Å². The highest BCUT2D eigenvalue weighted by Crippen LogP contribution is 2.16. The second-order valence-electron chi connectivity index (χ2n) is 4.46. The third-order valence-corrected chi connectivity index (χ3v) is 3.01. The molecule has 1 aromatic heterocycles. The van der Waals surface area contributed by atoms with Gasteiger partial charge in [0.05, 0.1) is 11.7 Å². The van der Waals surface area contributed by atoms with E-state index >= 15 is 0 Å². The average molecular weight is 273 g/mol. The van der Waals surface area contributed by atoms with Crippen molar-refractivity contribution in [3.63, 3.8) is 0 Å². The second kappa shape index (κ2) is 6.25. The normalized spacial score (nSPS) is 11.9. The van der Waals surface area contributed by atoms with Crippen LogP contribution in [-0.4, -0.2) is 10.9 Å². The van der Waals surface area contributed by atoms with E-state index in [-0.39, 0.29) is 18.3 Å². The number of nitrogens with zero attached hydrogens (tertiary/aromatic N) is 1. The van der Waals surface area contributed by atoms with E-state index in [0.717, 1.165) is 0 Å². The molecule has 0 aliphatic rings. The van der Waals surface area contributed by atoms with Gasteiger partial charge in [-0.15, -0.1) is 0 Å². The molecule has 4 nitrogen and oxygen atoms in total. The lowest BCUT2D eigenvalue weighted by Crippen LogP contribution is -2.27. The first-order chi connectivity index (χ1) is 9.61. The number of hydrogen-bond acceptors (Lipinski definition) is 3. The van der Waals surface area contributed by atoms with Crippen LogP contribution in [-0.2, 0) is 6.54 Å². The number of nitrogens with two attached hydrogens (primary N) is 1. The molecule has 0 fully saturated rings. The van der Waals surface area contributed by atoms with Crippen molar-refractivity contribution in [3.8, 4) is 0 Å². The zero-order chi connectivity index (χ0) is 14.5. The van der Waals surface area contributed by atoms with Gasteiger partial charge in [0.25, 0.3) is 5.91 Å². The maximum absolute atomic E-state index is 13.6. The molecule has 1 atom stereocenters. The molecule has 2 rings (SSSR count). The van der Waals surface area contributed by atoms with Gasteiger partial charge in [0.1, 0.15) is 5.82 Å². The summed E-state index contributed by atoms with van der Waals surface area (Å²) in [5.74, 6) is -0.615. The Balaban J connectivity index is 2.13. The first-order valence-electron chi connectivity index (χ1n) is 6.32. The first kappa shape index (κ1) is 14.1. The minimum absolute atomic E-state index is 0.268. The molecular formula is C15H16FN3O. The molecule has 1 amide bonds. The van der Waals surface area contributed by atoms with Gasteiger partial charge in [0, 0.05) is 23.9 Å². The summed E-state index contributed by atoms with van der Waals surface area (Å²) in [7, 11) is 0. The van der Waals surface area contributed by atoms with Crippen LogP contribution in [0.1, 0.15) is 34.6 Å². The monoisotopic (exact) mass is 273 g/mol. The molecule has 2 aromatic rings. The van der Waals surface area contributed by atoms with Crippen LogP contribution in [0.3, 0.4) is 0 Å². The lowest BCUT2D eigenvalue weighted by molar-refractivity contribution is 0.0939. The Labute approximate surface area is 116 Å². The number of aromatic nitrogens is 1. The van der Waals surface area contributed by atoms with Crippen LogP contribution >= 0.6 is 0 Å². The number of halogens is 1. The zero-order valence-electron chi connectivity index (χ0n) is 11.1. The number of hydrogen-bond donors (Lipinski definition) is 2. The minimum Gasteiger partial charge on any atom is -0.345 e. The third-order valence-electron chi connectivity index (χ3n) is 3.01. The highest BCUT2D eigenvalue weighted by molar-refractivity contribution is 5.94. The number of benzene rings is 1. The van der Waals surface area contributed by atoms with Crippen LogP contribution in [0.5, 0.6) is 0 Å². The lowest BCUT2D eigenvalue weighted by atomic mass is 10.1. The van der Waals surface area contributed by atoms with Gasteiger partial charge in [0.15, 0.2) is 0 Å². The second-order valence-corrected chi connectivity index (χ2v) is 4.46. The molecule has 0 unspecified atom stereocenters. The summed E-state index contributed by atoms with van der Waals surface area (Å²) >= 11 is 0. The Morgan fingerprint density at radius 3 is 2.85 bits per heavy atom. The molecule has 0 saturated heterocycles. The number of amides is 1. The van der Waals surface area contributed by atoms with Crippen LogP contribution in [0.4, 0.5) is 4.39 Å². The van der Waals surface area contributed by atoms with E-state index in [0.29, 0.717) is 16.8 Å². The van der Waals surface area contributed by atoms with E-state index in [2.05, 4.69) is 10.3 Å². The Morgan fingerprint density at radius 2 is 2.15 bits per heavy atom. The number of carbonyl (C=O) groups is 1. The van der Waals surface area contributed by atoms with Gasteiger partial charge in [0.2, 0.25) is 0 Å². The van der Waals surface area contributed by atoms with Crippen molar-refractivity contribution in [1.82, 2.24) is 10.3 Å². The summed E-state index contributed by atoms with van der Waals surface area (Å²) in [4.78, 5) is 16.1. The Kier molecular flexibility index (Phi) is 4.42. The maximum atomic E-state index is 13.6. The Hall–Kier alpha value is -2.27. The molecule has 0 aliphatic carbocycles.